The minimum absolute atomic E-state index is 0.885. The first-order chi connectivity index (χ1) is 10.3. The standard InChI is InChI=1S/C18H20BrNO/c19-16-10-9-15(14-20-11-5-2-6-12-20)18(13-16)21-17-7-3-1-4-8-17/h1,3-4,7-10,13H,2,5-6,11-12,14H2. The Labute approximate surface area is 134 Å². The SMILES string of the molecule is Brc1ccc(CN2CCCCC2)c(Oc2ccccc2)c1. The number of benzene rings is 2. The van der Waals surface area contributed by atoms with Crippen molar-refractivity contribution in [3.05, 3.63) is 58.6 Å². The number of hydrogen-bond acceptors (Lipinski definition) is 2. The third-order valence-electron chi connectivity index (χ3n) is 3.84. The Morgan fingerprint density at radius 1 is 0.952 bits per heavy atom. The van der Waals surface area contributed by atoms with Crippen molar-refractivity contribution in [2.24, 2.45) is 0 Å². The van der Waals surface area contributed by atoms with Crippen molar-refractivity contribution >= 4 is 15.9 Å². The van der Waals surface area contributed by atoms with E-state index in [0.717, 1.165) is 22.5 Å². The van der Waals surface area contributed by atoms with Crippen LogP contribution in [-0.2, 0) is 6.54 Å². The first-order valence-corrected chi connectivity index (χ1v) is 8.34. The molecule has 0 saturated carbocycles. The Bertz CT molecular complexity index is 579. The van der Waals surface area contributed by atoms with E-state index in [1.807, 2.05) is 30.3 Å². The first-order valence-electron chi connectivity index (χ1n) is 7.55. The van der Waals surface area contributed by atoms with E-state index in [1.54, 1.807) is 0 Å². The fourth-order valence-electron chi connectivity index (χ4n) is 2.73. The molecule has 0 atom stereocenters. The molecule has 1 heterocycles. The zero-order chi connectivity index (χ0) is 14.5. The molecule has 1 fully saturated rings. The Morgan fingerprint density at radius 2 is 1.71 bits per heavy atom. The van der Waals surface area contributed by atoms with E-state index >= 15 is 0 Å². The van der Waals surface area contributed by atoms with Gasteiger partial charge < -0.3 is 4.74 Å². The second-order valence-electron chi connectivity index (χ2n) is 5.50. The molecule has 1 aliphatic heterocycles. The molecule has 110 valence electrons. The maximum Gasteiger partial charge on any atom is 0.133 e. The van der Waals surface area contributed by atoms with Crippen LogP contribution in [0, 0.1) is 0 Å². The van der Waals surface area contributed by atoms with Gasteiger partial charge in [-0.3, -0.25) is 4.90 Å². The molecule has 1 saturated heterocycles. The second kappa shape index (κ2) is 7.10. The van der Waals surface area contributed by atoms with Crippen molar-refractivity contribution in [1.82, 2.24) is 4.90 Å². The summed E-state index contributed by atoms with van der Waals surface area (Å²) in [5.74, 6) is 1.83. The average molecular weight is 346 g/mol. The highest BCUT2D eigenvalue weighted by molar-refractivity contribution is 9.10. The summed E-state index contributed by atoms with van der Waals surface area (Å²) in [5, 5.41) is 0. The van der Waals surface area contributed by atoms with Gasteiger partial charge in [-0.15, -0.1) is 0 Å². The number of piperidine rings is 1. The van der Waals surface area contributed by atoms with E-state index in [1.165, 1.54) is 37.9 Å². The molecule has 2 nitrogen and oxygen atoms in total. The molecule has 0 radical (unpaired) electrons. The van der Waals surface area contributed by atoms with E-state index in [4.69, 9.17) is 4.74 Å². The van der Waals surface area contributed by atoms with E-state index in [0.29, 0.717) is 0 Å². The van der Waals surface area contributed by atoms with Crippen LogP contribution in [0.4, 0.5) is 0 Å². The lowest BCUT2D eigenvalue weighted by Crippen LogP contribution is -2.29. The van der Waals surface area contributed by atoms with Gasteiger partial charge in [-0.1, -0.05) is 46.6 Å². The van der Waals surface area contributed by atoms with Crippen molar-refractivity contribution in [2.45, 2.75) is 25.8 Å². The maximum absolute atomic E-state index is 6.08. The summed E-state index contributed by atoms with van der Waals surface area (Å²) >= 11 is 3.54. The van der Waals surface area contributed by atoms with Gasteiger partial charge in [-0.25, -0.2) is 0 Å². The third-order valence-corrected chi connectivity index (χ3v) is 4.34. The molecule has 21 heavy (non-hydrogen) atoms. The predicted molar refractivity (Wildman–Crippen MR) is 89.8 cm³/mol. The summed E-state index contributed by atoms with van der Waals surface area (Å²) in [6, 6.07) is 16.3. The normalized spacial score (nSPS) is 15.9. The molecule has 0 unspecified atom stereocenters. The van der Waals surface area contributed by atoms with Gasteiger partial charge in [-0.2, -0.15) is 0 Å². The van der Waals surface area contributed by atoms with E-state index in [-0.39, 0.29) is 0 Å². The molecule has 1 aliphatic rings. The first kappa shape index (κ1) is 14.6. The average Bonchev–Trinajstić information content (AvgIpc) is 2.52. The number of halogens is 1. The van der Waals surface area contributed by atoms with Gasteiger partial charge in [0, 0.05) is 16.6 Å². The van der Waals surface area contributed by atoms with Crippen LogP contribution < -0.4 is 4.74 Å². The number of hydrogen-bond donors (Lipinski definition) is 0. The quantitative estimate of drug-likeness (QED) is 0.752. The summed E-state index contributed by atoms with van der Waals surface area (Å²) in [6.45, 7) is 3.36. The lowest BCUT2D eigenvalue weighted by molar-refractivity contribution is 0.219. The van der Waals surface area contributed by atoms with Crippen LogP contribution in [0.2, 0.25) is 0 Å². The third kappa shape index (κ3) is 4.08. The Balaban J connectivity index is 1.79. The largest absolute Gasteiger partial charge is 0.457 e. The van der Waals surface area contributed by atoms with Crippen LogP contribution in [0.5, 0.6) is 11.5 Å². The molecule has 2 aromatic rings. The van der Waals surface area contributed by atoms with Crippen LogP contribution in [-0.4, -0.2) is 18.0 Å². The van der Waals surface area contributed by atoms with Gasteiger partial charge >= 0.3 is 0 Å². The van der Waals surface area contributed by atoms with Gasteiger partial charge in [-0.05, 0) is 50.2 Å². The highest BCUT2D eigenvalue weighted by Crippen LogP contribution is 2.30. The van der Waals surface area contributed by atoms with Gasteiger partial charge in [0.05, 0.1) is 0 Å². The summed E-state index contributed by atoms with van der Waals surface area (Å²) in [6.07, 6.45) is 3.99. The van der Waals surface area contributed by atoms with Crippen LogP contribution in [0.25, 0.3) is 0 Å². The molecule has 3 heteroatoms. The van der Waals surface area contributed by atoms with E-state index < -0.39 is 0 Å². The molecule has 0 spiro atoms. The lowest BCUT2D eigenvalue weighted by atomic mass is 10.1. The molecule has 3 rings (SSSR count). The molecule has 0 bridgehead atoms. The summed E-state index contributed by atoms with van der Waals surface area (Å²) in [5.41, 5.74) is 1.25. The van der Waals surface area contributed by atoms with Crippen molar-refractivity contribution in [3.8, 4) is 11.5 Å². The Kier molecular flexibility index (Phi) is 4.94. The van der Waals surface area contributed by atoms with Crippen LogP contribution in [0.1, 0.15) is 24.8 Å². The maximum atomic E-state index is 6.08. The fraction of sp³-hybridized carbons (Fsp3) is 0.333. The molecular formula is C18H20BrNO. The number of para-hydroxylation sites is 1. The van der Waals surface area contributed by atoms with Crippen molar-refractivity contribution < 1.29 is 4.74 Å². The lowest BCUT2D eigenvalue weighted by Gasteiger charge is -2.27. The van der Waals surface area contributed by atoms with E-state index in [2.05, 4.69) is 39.0 Å². The number of rotatable bonds is 4. The molecule has 0 amide bonds. The molecule has 0 aromatic heterocycles. The van der Waals surface area contributed by atoms with Crippen molar-refractivity contribution in [2.75, 3.05) is 13.1 Å². The second-order valence-corrected chi connectivity index (χ2v) is 6.42. The van der Waals surface area contributed by atoms with Crippen molar-refractivity contribution in [1.29, 1.82) is 0 Å². The number of likely N-dealkylation sites (tertiary alicyclic amines) is 1. The topological polar surface area (TPSA) is 12.5 Å². The van der Waals surface area contributed by atoms with Crippen LogP contribution >= 0.6 is 15.9 Å². The van der Waals surface area contributed by atoms with Gasteiger partial charge in [0.15, 0.2) is 0 Å². The summed E-state index contributed by atoms with van der Waals surface area (Å²) in [4.78, 5) is 2.52. The Hall–Kier alpha value is -1.32. The highest BCUT2D eigenvalue weighted by Gasteiger charge is 2.14. The molecular weight excluding hydrogens is 326 g/mol. The van der Waals surface area contributed by atoms with E-state index in [9.17, 15) is 0 Å². The smallest absolute Gasteiger partial charge is 0.133 e. The molecule has 0 N–H and O–H groups in total. The monoisotopic (exact) mass is 345 g/mol. The number of ether oxygens (including phenoxy) is 1. The molecule has 0 aliphatic carbocycles. The fourth-order valence-corrected chi connectivity index (χ4v) is 3.07. The predicted octanol–water partition coefficient (Wildman–Crippen LogP) is 5.23. The zero-order valence-electron chi connectivity index (χ0n) is 12.1. The highest BCUT2D eigenvalue weighted by atomic mass is 79.9. The van der Waals surface area contributed by atoms with Gasteiger partial charge in [0.2, 0.25) is 0 Å². The van der Waals surface area contributed by atoms with Gasteiger partial charge in [0.1, 0.15) is 11.5 Å². The summed E-state index contributed by atoms with van der Waals surface area (Å²) < 4.78 is 7.13. The van der Waals surface area contributed by atoms with Crippen LogP contribution in [0.3, 0.4) is 0 Å². The molecule has 2 aromatic carbocycles. The van der Waals surface area contributed by atoms with Gasteiger partial charge in [0.25, 0.3) is 0 Å². The minimum atomic E-state index is 0.885. The summed E-state index contributed by atoms with van der Waals surface area (Å²) in [7, 11) is 0. The van der Waals surface area contributed by atoms with Crippen molar-refractivity contribution in [3.63, 3.8) is 0 Å². The Morgan fingerprint density at radius 3 is 2.48 bits per heavy atom. The van der Waals surface area contributed by atoms with Crippen LogP contribution in [0.15, 0.2) is 53.0 Å². The zero-order valence-corrected chi connectivity index (χ0v) is 13.7. The number of nitrogens with zero attached hydrogens (tertiary/aromatic N) is 1. The minimum Gasteiger partial charge on any atom is -0.457 e.